The molecule has 0 bridgehead atoms. The van der Waals surface area contributed by atoms with Crippen molar-refractivity contribution in [3.63, 3.8) is 0 Å². The van der Waals surface area contributed by atoms with Crippen LogP contribution >= 0.6 is 12.4 Å². The molecule has 0 radical (unpaired) electrons. The summed E-state index contributed by atoms with van der Waals surface area (Å²) in [5, 5.41) is 3.32. The summed E-state index contributed by atoms with van der Waals surface area (Å²) in [5.74, 6) is 0. The van der Waals surface area contributed by atoms with E-state index < -0.39 is 9.84 Å². The van der Waals surface area contributed by atoms with Crippen molar-refractivity contribution in [2.24, 2.45) is 0 Å². The second-order valence-corrected chi connectivity index (χ2v) is 9.42. The zero-order chi connectivity index (χ0) is 18.7. The second-order valence-electron chi connectivity index (χ2n) is 7.29. The van der Waals surface area contributed by atoms with Crippen molar-refractivity contribution in [1.82, 2.24) is 5.32 Å². The molecule has 0 spiro atoms. The highest BCUT2D eigenvalue weighted by Gasteiger charge is 2.40. The number of hydrogen-bond acceptors (Lipinski definition) is 3. The fourth-order valence-corrected chi connectivity index (χ4v) is 6.24. The van der Waals surface area contributed by atoms with Gasteiger partial charge in [0.2, 0.25) is 0 Å². The fourth-order valence-electron chi connectivity index (χ4n) is 3.95. The van der Waals surface area contributed by atoms with Gasteiger partial charge in [0.15, 0.2) is 9.84 Å². The van der Waals surface area contributed by atoms with Gasteiger partial charge in [-0.15, -0.1) is 12.4 Å². The van der Waals surface area contributed by atoms with Gasteiger partial charge in [0.05, 0.1) is 16.2 Å². The number of hydrogen-bond donors (Lipinski definition) is 1. The van der Waals surface area contributed by atoms with Crippen LogP contribution in [0.25, 0.3) is 0 Å². The highest BCUT2D eigenvalue weighted by Crippen LogP contribution is 2.37. The van der Waals surface area contributed by atoms with E-state index in [1.54, 1.807) is 6.07 Å². The molecule has 0 fully saturated rings. The topological polar surface area (TPSA) is 46.2 Å². The quantitative estimate of drug-likeness (QED) is 0.738. The van der Waals surface area contributed by atoms with Crippen LogP contribution in [0.5, 0.6) is 0 Å². The second kappa shape index (κ2) is 9.22. The monoisotopic (exact) mass is 407 g/mol. The molecule has 5 heteroatoms. The molecule has 1 aliphatic heterocycles. The van der Waals surface area contributed by atoms with Gasteiger partial charge >= 0.3 is 0 Å². The van der Waals surface area contributed by atoms with E-state index in [9.17, 15) is 8.42 Å². The van der Waals surface area contributed by atoms with Crippen LogP contribution in [0.15, 0.2) is 53.4 Å². The average molecular weight is 408 g/mol. The molecule has 1 N–H and O–H groups in total. The Kier molecular flexibility index (Phi) is 7.49. The Labute approximate surface area is 169 Å². The predicted octanol–water partition coefficient (Wildman–Crippen LogP) is 5.22. The van der Waals surface area contributed by atoms with Crippen LogP contribution in [0, 0.1) is 6.92 Å². The lowest BCUT2D eigenvalue weighted by Gasteiger charge is -2.27. The lowest BCUT2D eigenvalue weighted by molar-refractivity contribution is 0.420. The van der Waals surface area contributed by atoms with Gasteiger partial charge in [0.1, 0.15) is 0 Å². The third-order valence-electron chi connectivity index (χ3n) is 5.46. The van der Waals surface area contributed by atoms with Crippen LogP contribution in [0.3, 0.4) is 0 Å². The Morgan fingerprint density at radius 2 is 1.67 bits per heavy atom. The summed E-state index contributed by atoms with van der Waals surface area (Å²) in [6, 6.07) is 15.8. The van der Waals surface area contributed by atoms with E-state index >= 15 is 0 Å². The maximum absolute atomic E-state index is 13.5. The SMILES string of the molecule is CCCC[C@@H]1[C@@H](CC)NC(c2ccc(C)cc2)c2ccccc2S1(=O)=O.Cl. The minimum Gasteiger partial charge on any atom is -0.302 e. The Morgan fingerprint density at radius 1 is 1.00 bits per heavy atom. The number of aryl methyl sites for hydroxylation is 1. The molecule has 1 unspecified atom stereocenters. The van der Waals surface area contributed by atoms with E-state index in [0.717, 1.165) is 30.4 Å². The molecule has 3 rings (SSSR count). The summed E-state index contributed by atoms with van der Waals surface area (Å²) < 4.78 is 27.0. The summed E-state index contributed by atoms with van der Waals surface area (Å²) in [5.41, 5.74) is 3.19. The third kappa shape index (κ3) is 4.39. The Balaban J connectivity index is 0.00000261. The van der Waals surface area contributed by atoms with Crippen LogP contribution in [-0.2, 0) is 9.84 Å². The van der Waals surface area contributed by atoms with Gasteiger partial charge in [-0.2, -0.15) is 0 Å². The normalized spacial score (nSPS) is 23.7. The number of benzene rings is 2. The molecule has 148 valence electrons. The maximum atomic E-state index is 13.5. The smallest absolute Gasteiger partial charge is 0.183 e. The van der Waals surface area contributed by atoms with Crippen molar-refractivity contribution in [2.45, 2.75) is 68.7 Å². The van der Waals surface area contributed by atoms with E-state index in [2.05, 4.69) is 50.4 Å². The van der Waals surface area contributed by atoms with E-state index in [0.29, 0.717) is 11.3 Å². The zero-order valence-electron chi connectivity index (χ0n) is 16.3. The lowest BCUT2D eigenvalue weighted by atomic mass is 9.95. The lowest BCUT2D eigenvalue weighted by Crippen LogP contribution is -2.43. The molecule has 0 saturated carbocycles. The van der Waals surface area contributed by atoms with Crippen molar-refractivity contribution in [3.05, 3.63) is 65.2 Å². The van der Waals surface area contributed by atoms with Crippen LogP contribution in [0.4, 0.5) is 0 Å². The number of halogens is 1. The van der Waals surface area contributed by atoms with E-state index in [4.69, 9.17) is 0 Å². The van der Waals surface area contributed by atoms with Crippen LogP contribution < -0.4 is 5.32 Å². The first-order valence-electron chi connectivity index (χ1n) is 9.64. The molecule has 2 aromatic carbocycles. The van der Waals surface area contributed by atoms with Gasteiger partial charge in [-0.25, -0.2) is 8.42 Å². The van der Waals surface area contributed by atoms with Gasteiger partial charge < -0.3 is 5.32 Å². The van der Waals surface area contributed by atoms with Crippen molar-refractivity contribution < 1.29 is 8.42 Å². The summed E-state index contributed by atoms with van der Waals surface area (Å²) in [6.45, 7) is 6.26. The van der Waals surface area contributed by atoms with Gasteiger partial charge in [0.25, 0.3) is 0 Å². The first kappa shape index (κ1) is 21.9. The van der Waals surface area contributed by atoms with Crippen molar-refractivity contribution in [2.75, 3.05) is 0 Å². The Morgan fingerprint density at radius 3 is 2.30 bits per heavy atom. The highest BCUT2D eigenvalue weighted by atomic mass is 35.5. The Bertz CT molecular complexity index is 849. The molecule has 0 amide bonds. The summed E-state index contributed by atoms with van der Waals surface area (Å²) in [4.78, 5) is 0.495. The van der Waals surface area contributed by atoms with Gasteiger partial charge in [-0.05, 0) is 37.0 Å². The van der Waals surface area contributed by atoms with Crippen molar-refractivity contribution in [3.8, 4) is 0 Å². The molecule has 1 heterocycles. The highest BCUT2D eigenvalue weighted by molar-refractivity contribution is 7.92. The number of unbranched alkanes of at least 4 members (excludes halogenated alkanes) is 1. The van der Waals surface area contributed by atoms with E-state index in [1.807, 2.05) is 18.2 Å². The third-order valence-corrected chi connectivity index (χ3v) is 7.80. The molecule has 1 aliphatic rings. The molecule has 0 aliphatic carbocycles. The standard InChI is InChI=1S/C22H29NO2S.ClH/c1-4-6-10-21-19(5-2)23-22(17-14-12-16(3)13-15-17)18-9-7-8-11-20(18)26(21,24)25;/h7-9,11-15,19,21-23H,4-6,10H2,1-3H3;1H/t19-,21-,22?;/m1./s1. The molecule has 0 saturated heterocycles. The number of rotatable bonds is 5. The summed E-state index contributed by atoms with van der Waals surface area (Å²) >= 11 is 0. The van der Waals surface area contributed by atoms with Crippen LogP contribution in [-0.4, -0.2) is 19.7 Å². The molecular formula is C22H30ClNO2S. The average Bonchev–Trinajstić information content (AvgIpc) is 2.74. The van der Waals surface area contributed by atoms with Gasteiger partial charge in [-0.3, -0.25) is 0 Å². The minimum atomic E-state index is -3.36. The number of sulfone groups is 1. The van der Waals surface area contributed by atoms with Gasteiger partial charge in [-0.1, -0.05) is 74.7 Å². The van der Waals surface area contributed by atoms with Gasteiger partial charge in [0, 0.05) is 6.04 Å². The first-order valence-corrected chi connectivity index (χ1v) is 11.2. The minimum absolute atomic E-state index is 0. The van der Waals surface area contributed by atoms with Crippen LogP contribution in [0.2, 0.25) is 0 Å². The number of fused-ring (bicyclic) bond motifs is 1. The van der Waals surface area contributed by atoms with Crippen LogP contribution in [0.1, 0.15) is 62.3 Å². The molecule has 3 nitrogen and oxygen atoms in total. The summed E-state index contributed by atoms with van der Waals surface area (Å²) in [7, 11) is -3.36. The molecule has 27 heavy (non-hydrogen) atoms. The molecule has 3 atom stereocenters. The predicted molar refractivity (Wildman–Crippen MR) is 114 cm³/mol. The van der Waals surface area contributed by atoms with Crippen molar-refractivity contribution >= 4 is 22.2 Å². The van der Waals surface area contributed by atoms with Crippen molar-refractivity contribution in [1.29, 1.82) is 0 Å². The zero-order valence-corrected chi connectivity index (χ0v) is 17.9. The molecular weight excluding hydrogens is 378 g/mol. The maximum Gasteiger partial charge on any atom is 0.183 e. The summed E-state index contributed by atoms with van der Waals surface area (Å²) in [6.07, 6.45) is 3.44. The fraction of sp³-hybridized carbons (Fsp3) is 0.455. The first-order chi connectivity index (χ1) is 12.5. The molecule has 0 aromatic heterocycles. The van der Waals surface area contributed by atoms with E-state index in [1.165, 1.54) is 5.56 Å². The molecule has 2 aromatic rings. The van der Waals surface area contributed by atoms with E-state index in [-0.39, 0.29) is 29.7 Å². The number of nitrogens with one attached hydrogen (secondary N) is 1. The Hall–Kier alpha value is -1.36. The largest absolute Gasteiger partial charge is 0.302 e.